The summed E-state index contributed by atoms with van der Waals surface area (Å²) >= 11 is 0. The van der Waals surface area contributed by atoms with Crippen LogP contribution in [0.5, 0.6) is 0 Å². The Morgan fingerprint density at radius 3 is 2.52 bits per heavy atom. The Kier molecular flexibility index (Phi) is 4.70. The fraction of sp³-hybridized carbons (Fsp3) is 0.158. The van der Waals surface area contributed by atoms with Gasteiger partial charge < -0.3 is 5.32 Å². The zero-order valence-corrected chi connectivity index (χ0v) is 14.1. The van der Waals surface area contributed by atoms with E-state index in [1.54, 1.807) is 12.3 Å². The zero-order valence-electron chi connectivity index (χ0n) is 14.1. The van der Waals surface area contributed by atoms with Gasteiger partial charge >= 0.3 is 0 Å². The maximum atomic E-state index is 12.4. The molecular weight excluding hydrogens is 316 g/mol. The third-order valence-corrected chi connectivity index (χ3v) is 3.71. The topological polar surface area (TPSA) is 76.9 Å². The van der Waals surface area contributed by atoms with Gasteiger partial charge in [-0.15, -0.1) is 0 Å². The van der Waals surface area contributed by atoms with Crippen LogP contribution < -0.4 is 10.9 Å². The molecule has 0 aliphatic heterocycles. The second-order valence-electron chi connectivity index (χ2n) is 5.87. The Morgan fingerprint density at radius 1 is 1.04 bits per heavy atom. The lowest BCUT2D eigenvalue weighted by Gasteiger charge is -2.08. The van der Waals surface area contributed by atoms with Crippen molar-refractivity contribution in [1.29, 1.82) is 0 Å². The van der Waals surface area contributed by atoms with Gasteiger partial charge in [-0.2, -0.15) is 5.10 Å². The highest BCUT2D eigenvalue weighted by Crippen LogP contribution is 2.07. The molecule has 2 aromatic heterocycles. The maximum Gasteiger partial charge on any atom is 0.277 e. The lowest BCUT2D eigenvalue weighted by atomic mass is 10.1. The quantitative estimate of drug-likeness (QED) is 0.795. The molecule has 0 atom stereocenters. The van der Waals surface area contributed by atoms with Gasteiger partial charge in [0.05, 0.1) is 6.54 Å². The van der Waals surface area contributed by atoms with E-state index in [0.717, 1.165) is 16.7 Å². The van der Waals surface area contributed by atoms with Crippen LogP contribution in [0.25, 0.3) is 0 Å². The number of nitrogens with one attached hydrogen (secondary N) is 1. The summed E-state index contributed by atoms with van der Waals surface area (Å²) in [7, 11) is 0. The average Bonchev–Trinajstić information content (AvgIpc) is 2.59. The van der Waals surface area contributed by atoms with E-state index in [0.29, 0.717) is 12.4 Å². The fourth-order valence-electron chi connectivity index (χ4n) is 2.33. The molecule has 3 rings (SSSR count). The number of benzene rings is 1. The van der Waals surface area contributed by atoms with Crippen LogP contribution in [0.15, 0.2) is 59.5 Å². The van der Waals surface area contributed by atoms with Gasteiger partial charge in [0.15, 0.2) is 0 Å². The standard InChI is InChI=1S/C19H18N4O2/c1-13-3-5-15(6-4-13)12-23-18(24)8-7-16(22-23)19(25)21-17-11-14(2)9-10-20-17/h3-11H,12H2,1-2H3,(H,20,21,25). The highest BCUT2D eigenvalue weighted by Gasteiger charge is 2.11. The van der Waals surface area contributed by atoms with E-state index in [-0.39, 0.29) is 11.3 Å². The minimum Gasteiger partial charge on any atom is -0.305 e. The second-order valence-corrected chi connectivity index (χ2v) is 5.87. The van der Waals surface area contributed by atoms with Crippen molar-refractivity contribution < 1.29 is 4.79 Å². The number of rotatable bonds is 4. The van der Waals surface area contributed by atoms with Crippen molar-refractivity contribution in [3.05, 3.63) is 87.5 Å². The molecule has 0 aliphatic carbocycles. The van der Waals surface area contributed by atoms with Gasteiger partial charge in [-0.1, -0.05) is 29.8 Å². The Morgan fingerprint density at radius 2 is 1.80 bits per heavy atom. The van der Waals surface area contributed by atoms with E-state index in [9.17, 15) is 9.59 Å². The summed E-state index contributed by atoms with van der Waals surface area (Å²) in [4.78, 5) is 28.5. The van der Waals surface area contributed by atoms with Gasteiger partial charge in [0.1, 0.15) is 11.5 Å². The molecule has 1 N–H and O–H groups in total. The average molecular weight is 334 g/mol. The van der Waals surface area contributed by atoms with Crippen LogP contribution in [0.2, 0.25) is 0 Å². The molecule has 0 unspecified atom stereocenters. The van der Waals surface area contributed by atoms with Crippen LogP contribution in [0.4, 0.5) is 5.82 Å². The van der Waals surface area contributed by atoms with Crippen LogP contribution in [0, 0.1) is 13.8 Å². The van der Waals surface area contributed by atoms with Gasteiger partial charge in [0, 0.05) is 12.3 Å². The number of amides is 1. The number of carbonyl (C=O) groups excluding carboxylic acids is 1. The molecular formula is C19H18N4O2. The molecule has 0 fully saturated rings. The summed E-state index contributed by atoms with van der Waals surface area (Å²) in [5.74, 6) is 0.0406. The number of hydrogen-bond acceptors (Lipinski definition) is 4. The van der Waals surface area contributed by atoms with Gasteiger partial charge in [0.25, 0.3) is 11.5 Å². The van der Waals surface area contributed by atoms with Crippen molar-refractivity contribution in [1.82, 2.24) is 14.8 Å². The van der Waals surface area contributed by atoms with Crippen LogP contribution in [-0.4, -0.2) is 20.7 Å². The molecule has 6 heteroatoms. The number of anilines is 1. The van der Waals surface area contributed by atoms with Crippen molar-refractivity contribution in [2.45, 2.75) is 20.4 Å². The molecule has 0 bridgehead atoms. The highest BCUT2D eigenvalue weighted by molar-refractivity contribution is 6.02. The predicted molar refractivity (Wildman–Crippen MR) is 95.7 cm³/mol. The van der Waals surface area contributed by atoms with Crippen molar-refractivity contribution >= 4 is 11.7 Å². The summed E-state index contributed by atoms with van der Waals surface area (Å²) in [5.41, 5.74) is 2.98. The molecule has 0 saturated carbocycles. The number of hydrogen-bond donors (Lipinski definition) is 1. The second kappa shape index (κ2) is 7.09. The molecule has 25 heavy (non-hydrogen) atoms. The largest absolute Gasteiger partial charge is 0.305 e. The van der Waals surface area contributed by atoms with Gasteiger partial charge in [-0.25, -0.2) is 9.67 Å². The van der Waals surface area contributed by atoms with Crippen molar-refractivity contribution in [3.8, 4) is 0 Å². The highest BCUT2D eigenvalue weighted by atomic mass is 16.2. The summed E-state index contributed by atoms with van der Waals surface area (Å²) in [6, 6.07) is 14.2. The molecule has 0 spiro atoms. The first-order valence-electron chi connectivity index (χ1n) is 7.89. The first-order valence-corrected chi connectivity index (χ1v) is 7.89. The normalized spacial score (nSPS) is 10.5. The molecule has 1 amide bonds. The van der Waals surface area contributed by atoms with E-state index in [1.165, 1.54) is 16.8 Å². The van der Waals surface area contributed by atoms with Gasteiger partial charge in [-0.3, -0.25) is 9.59 Å². The van der Waals surface area contributed by atoms with E-state index in [2.05, 4.69) is 15.4 Å². The molecule has 0 radical (unpaired) electrons. The molecule has 0 saturated heterocycles. The molecule has 3 aromatic rings. The molecule has 1 aromatic carbocycles. The van der Waals surface area contributed by atoms with Crippen LogP contribution in [-0.2, 0) is 6.54 Å². The SMILES string of the molecule is Cc1ccc(Cn2nc(C(=O)Nc3cc(C)ccn3)ccc2=O)cc1. The van der Waals surface area contributed by atoms with Gasteiger partial charge in [0.2, 0.25) is 0 Å². The van der Waals surface area contributed by atoms with Gasteiger partial charge in [-0.05, 0) is 43.2 Å². The summed E-state index contributed by atoms with van der Waals surface area (Å²) in [6.45, 7) is 4.22. The third-order valence-electron chi connectivity index (χ3n) is 3.71. The Labute approximate surface area is 145 Å². The summed E-state index contributed by atoms with van der Waals surface area (Å²) in [6.07, 6.45) is 1.62. The number of nitrogens with zero attached hydrogens (tertiary/aromatic N) is 3. The molecule has 6 nitrogen and oxygen atoms in total. The van der Waals surface area contributed by atoms with Crippen LogP contribution in [0.3, 0.4) is 0 Å². The summed E-state index contributed by atoms with van der Waals surface area (Å²) < 4.78 is 1.28. The lowest BCUT2D eigenvalue weighted by molar-refractivity contribution is 0.101. The lowest BCUT2D eigenvalue weighted by Crippen LogP contribution is -2.26. The third kappa shape index (κ3) is 4.17. The number of aromatic nitrogens is 3. The number of carbonyl (C=O) groups is 1. The Hall–Kier alpha value is -3.28. The molecule has 126 valence electrons. The maximum absolute atomic E-state index is 12.4. The monoisotopic (exact) mass is 334 g/mol. The molecule has 2 heterocycles. The Bertz CT molecular complexity index is 962. The summed E-state index contributed by atoms with van der Waals surface area (Å²) in [5, 5.41) is 6.86. The van der Waals surface area contributed by atoms with E-state index in [1.807, 2.05) is 44.2 Å². The van der Waals surface area contributed by atoms with E-state index >= 15 is 0 Å². The molecule has 0 aliphatic rings. The first kappa shape index (κ1) is 16.6. The smallest absolute Gasteiger partial charge is 0.277 e. The predicted octanol–water partition coefficient (Wildman–Crippen LogP) is 2.56. The van der Waals surface area contributed by atoms with Crippen molar-refractivity contribution in [3.63, 3.8) is 0 Å². The first-order chi connectivity index (χ1) is 12.0. The minimum absolute atomic E-state index is 0.162. The van der Waals surface area contributed by atoms with E-state index < -0.39 is 5.91 Å². The van der Waals surface area contributed by atoms with Crippen molar-refractivity contribution in [2.75, 3.05) is 5.32 Å². The Balaban J connectivity index is 1.82. The van der Waals surface area contributed by atoms with Crippen LogP contribution >= 0.6 is 0 Å². The zero-order chi connectivity index (χ0) is 17.8. The van der Waals surface area contributed by atoms with Crippen molar-refractivity contribution in [2.24, 2.45) is 0 Å². The minimum atomic E-state index is -0.407. The van der Waals surface area contributed by atoms with E-state index in [4.69, 9.17) is 0 Å². The van der Waals surface area contributed by atoms with Crippen LogP contribution in [0.1, 0.15) is 27.2 Å². The number of aryl methyl sites for hydroxylation is 2. The fourth-order valence-corrected chi connectivity index (χ4v) is 2.33. The number of pyridine rings is 1.